The second-order valence-corrected chi connectivity index (χ2v) is 7.84. The fourth-order valence-corrected chi connectivity index (χ4v) is 3.49. The summed E-state index contributed by atoms with van der Waals surface area (Å²) >= 11 is 0. The van der Waals surface area contributed by atoms with Gasteiger partial charge in [0.1, 0.15) is 23.6 Å². The molecule has 164 valence electrons. The average Bonchev–Trinajstić information content (AvgIpc) is 2.93. The van der Waals surface area contributed by atoms with Gasteiger partial charge in [-0.2, -0.15) is 0 Å². The van der Waals surface area contributed by atoms with Crippen molar-refractivity contribution in [2.45, 2.75) is 39.3 Å². The number of benzene rings is 2. The van der Waals surface area contributed by atoms with E-state index in [4.69, 9.17) is 9.47 Å². The van der Waals surface area contributed by atoms with Gasteiger partial charge in [0.05, 0.1) is 18.9 Å². The number of ether oxygens (including phenoxy) is 2. The van der Waals surface area contributed by atoms with E-state index in [1.54, 1.807) is 56.5 Å². The number of rotatable bonds is 7. The molecule has 31 heavy (non-hydrogen) atoms. The second-order valence-electron chi connectivity index (χ2n) is 7.84. The molecule has 2 aromatic carbocycles. The fourth-order valence-electron chi connectivity index (χ4n) is 3.49. The monoisotopic (exact) mass is 425 g/mol. The van der Waals surface area contributed by atoms with E-state index < -0.39 is 29.9 Å². The van der Waals surface area contributed by atoms with E-state index in [2.05, 4.69) is 10.6 Å². The zero-order valence-electron chi connectivity index (χ0n) is 18.3. The van der Waals surface area contributed by atoms with Crippen LogP contribution in [-0.2, 0) is 15.1 Å². The number of hydrogen-bond donors (Lipinski definition) is 2. The molecule has 1 aliphatic rings. The number of carbonyl (C=O) groups is 3. The summed E-state index contributed by atoms with van der Waals surface area (Å²) in [4.78, 5) is 39.2. The number of imide groups is 1. The number of hydrogen-bond acceptors (Lipinski definition) is 5. The lowest BCUT2D eigenvalue weighted by molar-refractivity contribution is -0.133. The minimum Gasteiger partial charge on any atom is -0.496 e. The van der Waals surface area contributed by atoms with Gasteiger partial charge < -0.3 is 20.1 Å². The normalized spacial score (nSPS) is 18.2. The summed E-state index contributed by atoms with van der Waals surface area (Å²) in [5.74, 6) is 0.201. The molecule has 3 rings (SSSR count). The van der Waals surface area contributed by atoms with Gasteiger partial charge in [0.2, 0.25) is 5.91 Å². The Morgan fingerprint density at radius 1 is 1.16 bits per heavy atom. The number of carbonyl (C=O) groups excluding carboxylic acids is 3. The Balaban J connectivity index is 1.76. The van der Waals surface area contributed by atoms with E-state index in [1.807, 2.05) is 20.8 Å². The van der Waals surface area contributed by atoms with Crippen molar-refractivity contribution in [3.8, 4) is 11.5 Å². The van der Waals surface area contributed by atoms with Crippen LogP contribution in [0, 0.1) is 6.92 Å². The molecule has 8 nitrogen and oxygen atoms in total. The third kappa shape index (κ3) is 4.47. The van der Waals surface area contributed by atoms with Crippen LogP contribution >= 0.6 is 0 Å². The number of para-hydroxylation sites is 2. The van der Waals surface area contributed by atoms with Crippen LogP contribution in [-0.4, -0.2) is 42.5 Å². The molecule has 0 aliphatic carbocycles. The van der Waals surface area contributed by atoms with Crippen molar-refractivity contribution in [3.05, 3.63) is 53.6 Å². The smallest absolute Gasteiger partial charge is 0.325 e. The molecule has 0 spiro atoms. The first-order valence-electron chi connectivity index (χ1n) is 10.0. The van der Waals surface area contributed by atoms with E-state index in [0.29, 0.717) is 22.7 Å². The Kier molecular flexibility index (Phi) is 6.19. The number of nitrogens with zero attached hydrogens (tertiary/aromatic N) is 1. The first-order chi connectivity index (χ1) is 14.7. The van der Waals surface area contributed by atoms with E-state index >= 15 is 0 Å². The van der Waals surface area contributed by atoms with Crippen molar-refractivity contribution in [3.63, 3.8) is 0 Å². The standard InChI is InChI=1S/C23H27N3O5/c1-14(2)31-19-9-7-6-8-17(19)24-20(27)13-26-21(28)23(4,25-22(26)29)16-10-11-18(30-5)15(3)12-16/h6-12,14H,13H2,1-5H3,(H,24,27)(H,25,29). The van der Waals surface area contributed by atoms with Crippen LogP contribution in [0.1, 0.15) is 31.9 Å². The fraction of sp³-hybridized carbons (Fsp3) is 0.348. The molecular formula is C23H27N3O5. The molecule has 0 radical (unpaired) electrons. The molecular weight excluding hydrogens is 398 g/mol. The van der Waals surface area contributed by atoms with E-state index in [0.717, 1.165) is 10.5 Å². The largest absolute Gasteiger partial charge is 0.496 e. The highest BCUT2D eigenvalue weighted by molar-refractivity contribution is 6.10. The predicted octanol–water partition coefficient (Wildman–Crippen LogP) is 3.20. The first kappa shape index (κ1) is 22.1. The van der Waals surface area contributed by atoms with Gasteiger partial charge in [0, 0.05) is 0 Å². The van der Waals surface area contributed by atoms with Crippen molar-refractivity contribution < 1.29 is 23.9 Å². The lowest BCUT2D eigenvalue weighted by Gasteiger charge is -2.23. The van der Waals surface area contributed by atoms with Crippen molar-refractivity contribution >= 4 is 23.5 Å². The van der Waals surface area contributed by atoms with Gasteiger partial charge in [-0.1, -0.05) is 18.2 Å². The molecule has 1 aliphatic heterocycles. The lowest BCUT2D eigenvalue weighted by Crippen LogP contribution is -2.42. The summed E-state index contributed by atoms with van der Waals surface area (Å²) in [5.41, 5.74) is 0.651. The average molecular weight is 425 g/mol. The molecule has 4 amide bonds. The van der Waals surface area contributed by atoms with Gasteiger partial charge in [-0.25, -0.2) is 4.79 Å². The van der Waals surface area contributed by atoms with E-state index in [-0.39, 0.29) is 6.10 Å². The molecule has 8 heteroatoms. The third-order valence-corrected chi connectivity index (χ3v) is 5.07. The van der Waals surface area contributed by atoms with Crippen molar-refractivity contribution in [1.82, 2.24) is 10.2 Å². The second kappa shape index (κ2) is 8.67. The zero-order valence-corrected chi connectivity index (χ0v) is 18.3. The van der Waals surface area contributed by atoms with E-state index in [9.17, 15) is 14.4 Å². The van der Waals surface area contributed by atoms with Crippen LogP contribution in [0.4, 0.5) is 10.5 Å². The number of aryl methyl sites for hydroxylation is 1. The highest BCUT2D eigenvalue weighted by Gasteiger charge is 2.49. The Bertz CT molecular complexity index is 1020. The quantitative estimate of drug-likeness (QED) is 0.664. The van der Waals surface area contributed by atoms with Crippen LogP contribution in [0.3, 0.4) is 0 Å². The summed E-state index contributed by atoms with van der Waals surface area (Å²) in [5, 5.41) is 5.43. The van der Waals surface area contributed by atoms with Gasteiger partial charge in [-0.05, 0) is 63.1 Å². The molecule has 1 atom stereocenters. The lowest BCUT2D eigenvalue weighted by atomic mass is 9.90. The van der Waals surface area contributed by atoms with Crippen molar-refractivity contribution in [2.24, 2.45) is 0 Å². The SMILES string of the molecule is COc1ccc(C2(C)NC(=O)N(CC(=O)Nc3ccccc3OC(C)C)C2=O)cc1C. The summed E-state index contributed by atoms with van der Waals surface area (Å²) in [6, 6.07) is 11.6. The number of nitrogens with one attached hydrogen (secondary N) is 2. The molecule has 0 aromatic heterocycles. The third-order valence-electron chi connectivity index (χ3n) is 5.07. The summed E-state index contributed by atoms with van der Waals surface area (Å²) < 4.78 is 11.0. The molecule has 0 bridgehead atoms. The van der Waals surface area contributed by atoms with Crippen LogP contribution in [0.25, 0.3) is 0 Å². The molecule has 1 saturated heterocycles. The van der Waals surface area contributed by atoms with Crippen LogP contribution < -0.4 is 20.1 Å². The van der Waals surface area contributed by atoms with Gasteiger partial charge in [-0.15, -0.1) is 0 Å². The summed E-state index contributed by atoms with van der Waals surface area (Å²) in [6.45, 7) is 6.83. The maximum absolute atomic E-state index is 13.1. The van der Waals surface area contributed by atoms with Gasteiger partial charge in [-0.3, -0.25) is 14.5 Å². The molecule has 1 fully saturated rings. The molecule has 2 aromatic rings. The van der Waals surface area contributed by atoms with Gasteiger partial charge >= 0.3 is 6.03 Å². The summed E-state index contributed by atoms with van der Waals surface area (Å²) in [7, 11) is 1.57. The molecule has 2 N–H and O–H groups in total. The minimum atomic E-state index is -1.27. The number of amides is 4. The predicted molar refractivity (Wildman–Crippen MR) is 116 cm³/mol. The Morgan fingerprint density at radius 3 is 2.52 bits per heavy atom. The number of urea groups is 1. The van der Waals surface area contributed by atoms with Crippen LogP contribution in [0.5, 0.6) is 11.5 Å². The highest BCUT2D eigenvalue weighted by atomic mass is 16.5. The topological polar surface area (TPSA) is 97.0 Å². The van der Waals surface area contributed by atoms with Crippen LogP contribution in [0.2, 0.25) is 0 Å². The van der Waals surface area contributed by atoms with E-state index in [1.165, 1.54) is 0 Å². The molecule has 0 saturated carbocycles. The van der Waals surface area contributed by atoms with Gasteiger partial charge in [0.15, 0.2) is 0 Å². The Hall–Kier alpha value is -3.55. The summed E-state index contributed by atoms with van der Waals surface area (Å²) in [6.07, 6.45) is -0.0716. The highest BCUT2D eigenvalue weighted by Crippen LogP contribution is 2.32. The maximum Gasteiger partial charge on any atom is 0.325 e. The maximum atomic E-state index is 13.1. The molecule has 1 unspecified atom stereocenters. The minimum absolute atomic E-state index is 0.0716. The number of methoxy groups -OCH3 is 1. The number of anilines is 1. The first-order valence-corrected chi connectivity index (χ1v) is 10.0. The van der Waals surface area contributed by atoms with Gasteiger partial charge in [0.25, 0.3) is 5.91 Å². The zero-order chi connectivity index (χ0) is 22.8. The van der Waals surface area contributed by atoms with Crippen molar-refractivity contribution in [2.75, 3.05) is 19.0 Å². The Morgan fingerprint density at radius 2 is 1.87 bits per heavy atom. The van der Waals surface area contributed by atoms with Crippen LogP contribution in [0.15, 0.2) is 42.5 Å². The van der Waals surface area contributed by atoms with Crippen molar-refractivity contribution in [1.29, 1.82) is 0 Å². The Labute approximate surface area is 181 Å². The molecule has 1 heterocycles.